The van der Waals surface area contributed by atoms with Crippen molar-refractivity contribution in [3.63, 3.8) is 0 Å². The van der Waals surface area contributed by atoms with Crippen LogP contribution >= 0.6 is 0 Å². The molecule has 1 fully saturated rings. The number of quaternary nitrogens is 1. The first-order chi connectivity index (χ1) is 14.0. The summed E-state index contributed by atoms with van der Waals surface area (Å²) in [5.41, 5.74) is 1.46. The highest BCUT2D eigenvalue weighted by molar-refractivity contribution is 7.88. The fourth-order valence-corrected chi connectivity index (χ4v) is 4.92. The van der Waals surface area contributed by atoms with Gasteiger partial charge in [-0.3, -0.25) is 0 Å². The van der Waals surface area contributed by atoms with Crippen LogP contribution in [0, 0.1) is 5.82 Å². The lowest BCUT2D eigenvalue weighted by molar-refractivity contribution is -0.918. The molecule has 1 saturated heterocycles. The second-order valence-electron chi connectivity index (χ2n) is 7.08. The molecule has 9 heteroatoms. The van der Waals surface area contributed by atoms with Gasteiger partial charge in [0.1, 0.15) is 5.82 Å². The normalized spacial score (nSPS) is 16.2. The van der Waals surface area contributed by atoms with E-state index < -0.39 is 10.0 Å². The highest BCUT2D eigenvalue weighted by Gasteiger charge is 2.30. The Labute approximate surface area is 168 Å². The molecule has 3 aromatic rings. The lowest BCUT2D eigenvalue weighted by Crippen LogP contribution is -3.13. The molecule has 0 unspecified atom stereocenters. The van der Waals surface area contributed by atoms with Gasteiger partial charge in [0.15, 0.2) is 6.54 Å². The number of hydrogen-bond donors (Lipinski definition) is 1. The van der Waals surface area contributed by atoms with Crippen molar-refractivity contribution >= 4 is 10.0 Å². The van der Waals surface area contributed by atoms with E-state index in [0.29, 0.717) is 50.1 Å². The zero-order valence-electron chi connectivity index (χ0n) is 15.8. The van der Waals surface area contributed by atoms with Crippen molar-refractivity contribution in [1.29, 1.82) is 0 Å². The molecule has 0 radical (unpaired) electrons. The van der Waals surface area contributed by atoms with Crippen LogP contribution in [0.15, 0.2) is 59.0 Å². The first kappa shape index (κ1) is 19.7. The summed E-state index contributed by atoms with van der Waals surface area (Å²) in [6.45, 7) is 2.79. The van der Waals surface area contributed by atoms with Gasteiger partial charge in [-0.05, 0) is 29.8 Å². The van der Waals surface area contributed by atoms with Gasteiger partial charge in [0.05, 0.1) is 31.9 Å². The number of benzene rings is 2. The van der Waals surface area contributed by atoms with Crippen LogP contribution in [-0.4, -0.2) is 49.1 Å². The van der Waals surface area contributed by atoms with E-state index in [-0.39, 0.29) is 11.6 Å². The fourth-order valence-electron chi connectivity index (χ4n) is 3.38. The third-order valence-corrected chi connectivity index (χ3v) is 6.82. The maximum atomic E-state index is 13.0. The van der Waals surface area contributed by atoms with Crippen molar-refractivity contribution in [2.45, 2.75) is 12.3 Å². The summed E-state index contributed by atoms with van der Waals surface area (Å²) in [5.74, 6) is 0.537. The predicted octanol–water partition coefficient (Wildman–Crippen LogP) is 1.11. The van der Waals surface area contributed by atoms with Crippen molar-refractivity contribution in [3.8, 4) is 11.5 Å². The Hall–Kier alpha value is -2.62. The molecular formula is C20H22FN4O3S+. The van der Waals surface area contributed by atoms with E-state index in [2.05, 4.69) is 10.2 Å². The molecule has 1 aliphatic rings. The number of sulfonamides is 1. The number of nitrogens with one attached hydrogen (secondary N) is 1. The van der Waals surface area contributed by atoms with E-state index in [1.54, 1.807) is 16.4 Å². The highest BCUT2D eigenvalue weighted by Crippen LogP contribution is 2.17. The van der Waals surface area contributed by atoms with Gasteiger partial charge in [-0.1, -0.05) is 30.3 Å². The van der Waals surface area contributed by atoms with Gasteiger partial charge in [-0.25, -0.2) is 12.8 Å². The molecule has 1 aromatic heterocycles. The SMILES string of the molecule is O=S(=O)(Cc1ccccc1)N1CC[NH+](Cc2nnc(-c3ccc(F)cc3)o2)CC1. The van der Waals surface area contributed by atoms with Crippen molar-refractivity contribution in [3.05, 3.63) is 71.9 Å². The number of rotatable bonds is 6. The van der Waals surface area contributed by atoms with Crippen LogP contribution in [-0.2, 0) is 22.3 Å². The molecule has 0 saturated carbocycles. The van der Waals surface area contributed by atoms with Gasteiger partial charge in [-0.2, -0.15) is 4.31 Å². The molecule has 0 aliphatic carbocycles. The fraction of sp³-hybridized carbons (Fsp3) is 0.300. The molecule has 4 rings (SSSR count). The van der Waals surface area contributed by atoms with Crippen LogP contribution in [0.1, 0.15) is 11.5 Å². The predicted molar refractivity (Wildman–Crippen MR) is 105 cm³/mol. The number of halogens is 1. The average molecular weight is 417 g/mol. The van der Waals surface area contributed by atoms with Gasteiger partial charge < -0.3 is 9.32 Å². The van der Waals surface area contributed by atoms with E-state index >= 15 is 0 Å². The minimum Gasteiger partial charge on any atom is -0.415 e. The van der Waals surface area contributed by atoms with Crippen LogP contribution in [0.25, 0.3) is 11.5 Å². The molecule has 1 N–H and O–H groups in total. The molecule has 2 heterocycles. The summed E-state index contributed by atoms with van der Waals surface area (Å²) >= 11 is 0. The topological polar surface area (TPSA) is 80.7 Å². The van der Waals surface area contributed by atoms with Crippen molar-refractivity contribution < 1.29 is 22.1 Å². The Morgan fingerprint density at radius 1 is 1.00 bits per heavy atom. The first-order valence-corrected chi connectivity index (χ1v) is 11.0. The summed E-state index contributed by atoms with van der Waals surface area (Å²) in [5, 5.41) is 8.09. The molecule has 0 amide bonds. The van der Waals surface area contributed by atoms with E-state index in [4.69, 9.17) is 4.42 Å². The second-order valence-corrected chi connectivity index (χ2v) is 9.04. The number of piperazine rings is 1. The van der Waals surface area contributed by atoms with Crippen LogP contribution in [0.3, 0.4) is 0 Å². The van der Waals surface area contributed by atoms with Gasteiger partial charge in [0, 0.05) is 5.56 Å². The summed E-state index contributed by atoms with van der Waals surface area (Å²) in [6.07, 6.45) is 0. The Bertz CT molecular complexity index is 1050. The zero-order chi connectivity index (χ0) is 20.3. The Kier molecular flexibility index (Phi) is 5.70. The Balaban J connectivity index is 1.33. The number of nitrogens with zero attached hydrogens (tertiary/aromatic N) is 3. The largest absolute Gasteiger partial charge is 0.415 e. The van der Waals surface area contributed by atoms with Gasteiger partial charge in [-0.15, -0.1) is 10.2 Å². The van der Waals surface area contributed by atoms with Crippen LogP contribution in [0.2, 0.25) is 0 Å². The van der Waals surface area contributed by atoms with Crippen molar-refractivity contribution in [2.24, 2.45) is 0 Å². The molecule has 0 spiro atoms. The van der Waals surface area contributed by atoms with Gasteiger partial charge in [0.25, 0.3) is 5.89 Å². The minimum absolute atomic E-state index is 0.0217. The minimum atomic E-state index is -3.33. The lowest BCUT2D eigenvalue weighted by atomic mass is 10.2. The molecule has 29 heavy (non-hydrogen) atoms. The lowest BCUT2D eigenvalue weighted by Gasteiger charge is -2.30. The maximum Gasteiger partial charge on any atom is 0.271 e. The molecule has 2 aromatic carbocycles. The van der Waals surface area contributed by atoms with E-state index in [1.807, 2.05) is 30.3 Å². The smallest absolute Gasteiger partial charge is 0.271 e. The standard InChI is InChI=1S/C20H21FN4O3S/c21-18-8-6-17(7-9-18)20-23-22-19(28-20)14-24-10-12-25(13-11-24)29(26,27)15-16-4-2-1-3-5-16/h1-9H,10-15H2/p+1. The summed E-state index contributed by atoms with van der Waals surface area (Å²) in [6, 6.07) is 15.1. The number of aromatic nitrogens is 2. The van der Waals surface area contributed by atoms with E-state index in [9.17, 15) is 12.8 Å². The molecule has 7 nitrogen and oxygen atoms in total. The molecule has 1 aliphatic heterocycles. The highest BCUT2D eigenvalue weighted by atomic mass is 32.2. The van der Waals surface area contributed by atoms with Crippen molar-refractivity contribution in [1.82, 2.24) is 14.5 Å². The first-order valence-electron chi connectivity index (χ1n) is 9.43. The monoisotopic (exact) mass is 417 g/mol. The molecule has 152 valence electrons. The summed E-state index contributed by atoms with van der Waals surface area (Å²) in [4.78, 5) is 1.19. The molecule has 0 atom stereocenters. The van der Waals surface area contributed by atoms with Crippen LogP contribution in [0.4, 0.5) is 4.39 Å². The Morgan fingerprint density at radius 2 is 1.69 bits per heavy atom. The third-order valence-electron chi connectivity index (χ3n) is 4.97. The average Bonchev–Trinajstić information content (AvgIpc) is 3.18. The van der Waals surface area contributed by atoms with E-state index in [0.717, 1.165) is 5.56 Å². The van der Waals surface area contributed by atoms with E-state index in [1.165, 1.54) is 17.0 Å². The van der Waals surface area contributed by atoms with Gasteiger partial charge >= 0.3 is 0 Å². The zero-order valence-corrected chi connectivity index (χ0v) is 16.6. The number of hydrogen-bond acceptors (Lipinski definition) is 5. The Morgan fingerprint density at radius 3 is 2.38 bits per heavy atom. The second kappa shape index (κ2) is 8.40. The summed E-state index contributed by atoms with van der Waals surface area (Å²) in [7, 11) is -3.33. The maximum absolute atomic E-state index is 13.0. The van der Waals surface area contributed by atoms with Gasteiger partial charge in [0.2, 0.25) is 15.9 Å². The molecular weight excluding hydrogens is 395 g/mol. The third kappa shape index (κ3) is 4.87. The van der Waals surface area contributed by atoms with Crippen molar-refractivity contribution in [2.75, 3.05) is 26.2 Å². The quantitative estimate of drug-likeness (QED) is 0.650. The molecule has 0 bridgehead atoms. The summed E-state index contributed by atoms with van der Waals surface area (Å²) < 4.78 is 45.6. The van der Waals surface area contributed by atoms with Crippen LogP contribution in [0.5, 0.6) is 0 Å². The van der Waals surface area contributed by atoms with Crippen LogP contribution < -0.4 is 4.90 Å².